The third kappa shape index (κ3) is 3.25. The monoisotopic (exact) mass is 317 g/mol. The zero-order chi connectivity index (χ0) is 16.0. The molecule has 2 aliphatic rings. The summed E-state index contributed by atoms with van der Waals surface area (Å²) in [4.78, 5) is 11.3. The highest BCUT2D eigenvalue weighted by molar-refractivity contribution is 6.74. The first-order valence-corrected chi connectivity index (χ1v) is 10.4. The number of alkyl carbamates (subject to hydrolysis) is 1. The quantitative estimate of drug-likeness (QED) is 0.681. The molecule has 1 saturated heterocycles. The van der Waals surface area contributed by atoms with Gasteiger partial charge in [-0.3, -0.25) is 0 Å². The van der Waals surface area contributed by atoms with Crippen molar-refractivity contribution in [1.82, 2.24) is 5.32 Å². The van der Waals surface area contributed by atoms with Gasteiger partial charge in [-0.1, -0.05) is 20.8 Å². The van der Waals surface area contributed by atoms with Crippen LogP contribution in [0.5, 0.6) is 0 Å². The number of fused-ring (bicyclic) bond motifs is 1. The number of ether oxygens (including phenoxy) is 1. The molecule has 1 saturated carbocycles. The fourth-order valence-electron chi connectivity index (χ4n) is 2.60. The van der Waals surface area contributed by atoms with E-state index in [0.29, 0.717) is 13.0 Å². The first kappa shape index (κ1) is 16.7. The average molecular weight is 317 g/mol. The van der Waals surface area contributed by atoms with Crippen LogP contribution >= 0.6 is 0 Å². The van der Waals surface area contributed by atoms with E-state index in [0.717, 1.165) is 0 Å². The van der Waals surface area contributed by atoms with E-state index in [1.807, 2.05) is 0 Å². The molecular formula is C14H27NO5Si. The standard InChI is InChI=1S/C14H27NO5Si/c1-14(2,3)21(4,5)19-7-8-6-9-10(12(17)11(8)16)15-13(18)20-9/h8-12,16-17H,6-7H2,1-5H3,(H,15,18)/t8-,9+,10+,11-,12-/m1/s1. The zero-order valence-corrected chi connectivity index (χ0v) is 14.4. The van der Waals surface area contributed by atoms with Crippen molar-refractivity contribution in [3.8, 4) is 0 Å². The summed E-state index contributed by atoms with van der Waals surface area (Å²) < 4.78 is 11.3. The predicted molar refractivity (Wildman–Crippen MR) is 80.5 cm³/mol. The van der Waals surface area contributed by atoms with Crippen molar-refractivity contribution in [2.24, 2.45) is 5.92 Å². The molecule has 21 heavy (non-hydrogen) atoms. The van der Waals surface area contributed by atoms with Crippen molar-refractivity contribution in [2.45, 2.75) is 69.7 Å². The van der Waals surface area contributed by atoms with Crippen LogP contribution in [0.4, 0.5) is 4.79 Å². The Kier molecular flexibility index (Phi) is 4.41. The molecule has 6 nitrogen and oxygen atoms in total. The van der Waals surface area contributed by atoms with E-state index in [4.69, 9.17) is 9.16 Å². The number of aliphatic hydroxyl groups is 2. The Labute approximate surface area is 127 Å². The van der Waals surface area contributed by atoms with Crippen LogP contribution in [0.3, 0.4) is 0 Å². The molecule has 2 fully saturated rings. The van der Waals surface area contributed by atoms with Crippen LogP contribution in [0.25, 0.3) is 0 Å². The van der Waals surface area contributed by atoms with Crippen LogP contribution in [0.1, 0.15) is 27.2 Å². The lowest BCUT2D eigenvalue weighted by atomic mass is 9.80. The van der Waals surface area contributed by atoms with Gasteiger partial charge in [0.1, 0.15) is 12.2 Å². The molecule has 2 rings (SSSR count). The highest BCUT2D eigenvalue weighted by Gasteiger charge is 2.50. The maximum absolute atomic E-state index is 11.3. The Balaban J connectivity index is 1.99. The summed E-state index contributed by atoms with van der Waals surface area (Å²) in [5, 5.41) is 23.0. The lowest BCUT2D eigenvalue weighted by molar-refractivity contribution is -0.0943. The largest absolute Gasteiger partial charge is 0.444 e. The Hall–Kier alpha value is -0.633. The summed E-state index contributed by atoms with van der Waals surface area (Å²) in [6.45, 7) is 11.2. The highest BCUT2D eigenvalue weighted by Crippen LogP contribution is 2.38. The number of hydrogen-bond donors (Lipinski definition) is 3. The third-order valence-corrected chi connectivity index (χ3v) is 9.64. The van der Waals surface area contributed by atoms with Gasteiger partial charge in [0.15, 0.2) is 8.32 Å². The molecule has 7 heteroatoms. The SMILES string of the molecule is CC(C)(C)[Si](C)(C)OC[C@H]1C[C@@H]2OC(=O)N[C@@H]2[C@@H](O)[C@@H]1O. The summed E-state index contributed by atoms with van der Waals surface area (Å²) in [7, 11) is -1.90. The van der Waals surface area contributed by atoms with E-state index >= 15 is 0 Å². The van der Waals surface area contributed by atoms with E-state index in [2.05, 4.69) is 39.2 Å². The first-order chi connectivity index (χ1) is 9.53. The number of nitrogens with one attached hydrogen (secondary N) is 1. The third-order valence-electron chi connectivity index (χ3n) is 5.14. The van der Waals surface area contributed by atoms with E-state index in [-0.39, 0.29) is 17.1 Å². The molecule has 0 spiro atoms. The van der Waals surface area contributed by atoms with Crippen molar-refractivity contribution in [3.63, 3.8) is 0 Å². The molecule has 0 aromatic rings. The minimum absolute atomic E-state index is 0.0924. The summed E-state index contributed by atoms with van der Waals surface area (Å²) >= 11 is 0. The Bertz CT molecular complexity index is 409. The molecule has 0 aromatic carbocycles. The fraction of sp³-hybridized carbons (Fsp3) is 0.929. The van der Waals surface area contributed by atoms with Gasteiger partial charge in [-0.05, 0) is 24.6 Å². The van der Waals surface area contributed by atoms with Crippen molar-refractivity contribution in [2.75, 3.05) is 6.61 Å². The maximum Gasteiger partial charge on any atom is 0.407 e. The van der Waals surface area contributed by atoms with Crippen LogP contribution < -0.4 is 5.32 Å². The molecule has 1 heterocycles. The van der Waals surface area contributed by atoms with Gasteiger partial charge in [0.2, 0.25) is 0 Å². The van der Waals surface area contributed by atoms with E-state index in [1.54, 1.807) is 0 Å². The van der Waals surface area contributed by atoms with Crippen LogP contribution in [-0.2, 0) is 9.16 Å². The maximum atomic E-state index is 11.3. The van der Waals surface area contributed by atoms with Crippen molar-refractivity contribution >= 4 is 14.4 Å². The summed E-state index contributed by atoms with van der Waals surface area (Å²) in [6, 6.07) is -0.517. The number of hydrogen-bond acceptors (Lipinski definition) is 5. The van der Waals surface area contributed by atoms with Gasteiger partial charge in [0.05, 0.1) is 12.1 Å². The van der Waals surface area contributed by atoms with Gasteiger partial charge in [0, 0.05) is 12.5 Å². The topological polar surface area (TPSA) is 88.0 Å². The molecular weight excluding hydrogens is 290 g/mol. The van der Waals surface area contributed by atoms with Gasteiger partial charge in [-0.15, -0.1) is 0 Å². The molecule has 1 aliphatic heterocycles. The first-order valence-electron chi connectivity index (χ1n) is 7.50. The second kappa shape index (κ2) is 5.53. The molecule has 3 N–H and O–H groups in total. The van der Waals surface area contributed by atoms with Gasteiger partial charge in [-0.25, -0.2) is 4.79 Å². The molecule has 0 unspecified atom stereocenters. The zero-order valence-electron chi connectivity index (χ0n) is 13.4. The normalized spacial score (nSPS) is 36.9. The van der Waals surface area contributed by atoms with E-state index in [9.17, 15) is 15.0 Å². The number of carbonyl (C=O) groups excluding carboxylic acids is 1. The summed E-state index contributed by atoms with van der Waals surface area (Å²) in [5.41, 5.74) is 0. The fourth-order valence-corrected chi connectivity index (χ4v) is 3.67. The van der Waals surface area contributed by atoms with E-state index in [1.165, 1.54) is 0 Å². The van der Waals surface area contributed by atoms with Crippen LogP contribution in [-0.4, -0.2) is 55.6 Å². The summed E-state index contributed by atoms with van der Waals surface area (Å²) in [6.07, 6.45) is -2.32. The number of rotatable bonds is 3. The number of carbonyl (C=O) groups is 1. The summed E-state index contributed by atoms with van der Waals surface area (Å²) in [5.74, 6) is -0.219. The van der Waals surface area contributed by atoms with Gasteiger partial charge < -0.3 is 24.7 Å². The average Bonchev–Trinajstić information content (AvgIpc) is 2.71. The Morgan fingerprint density at radius 1 is 1.33 bits per heavy atom. The Morgan fingerprint density at radius 3 is 2.52 bits per heavy atom. The van der Waals surface area contributed by atoms with Crippen LogP contribution in [0.15, 0.2) is 0 Å². The van der Waals surface area contributed by atoms with Gasteiger partial charge in [-0.2, -0.15) is 0 Å². The predicted octanol–water partition coefficient (Wildman–Crippen LogP) is 1.23. The highest BCUT2D eigenvalue weighted by atomic mass is 28.4. The minimum Gasteiger partial charge on any atom is -0.444 e. The minimum atomic E-state index is -1.90. The second-order valence-electron chi connectivity index (χ2n) is 7.66. The number of amides is 1. The smallest absolute Gasteiger partial charge is 0.407 e. The van der Waals surface area contributed by atoms with E-state index < -0.39 is 32.7 Å². The van der Waals surface area contributed by atoms with Crippen LogP contribution in [0.2, 0.25) is 18.1 Å². The van der Waals surface area contributed by atoms with Gasteiger partial charge in [0.25, 0.3) is 0 Å². The molecule has 0 aromatic heterocycles. The molecule has 1 aliphatic carbocycles. The number of aliphatic hydroxyl groups excluding tert-OH is 2. The molecule has 0 radical (unpaired) electrons. The molecule has 122 valence electrons. The van der Waals surface area contributed by atoms with Gasteiger partial charge >= 0.3 is 6.09 Å². The molecule has 0 bridgehead atoms. The lowest BCUT2D eigenvalue weighted by Crippen LogP contribution is -2.57. The van der Waals surface area contributed by atoms with Crippen molar-refractivity contribution in [3.05, 3.63) is 0 Å². The van der Waals surface area contributed by atoms with Crippen molar-refractivity contribution < 1.29 is 24.2 Å². The van der Waals surface area contributed by atoms with Crippen molar-refractivity contribution in [1.29, 1.82) is 0 Å². The Morgan fingerprint density at radius 2 is 1.95 bits per heavy atom. The van der Waals surface area contributed by atoms with Crippen LogP contribution in [0, 0.1) is 5.92 Å². The lowest BCUT2D eigenvalue weighted by Gasteiger charge is -2.41. The molecule has 5 atom stereocenters. The second-order valence-corrected chi connectivity index (χ2v) is 12.5. The molecule has 1 amide bonds.